The second kappa shape index (κ2) is 5.63. The van der Waals surface area contributed by atoms with E-state index in [0.29, 0.717) is 0 Å². The summed E-state index contributed by atoms with van der Waals surface area (Å²) >= 11 is 0. The Morgan fingerprint density at radius 1 is 1.19 bits per heavy atom. The maximum absolute atomic E-state index is 13.0. The summed E-state index contributed by atoms with van der Waals surface area (Å²) in [5, 5.41) is 0. The Balaban J connectivity index is 2.20. The first-order valence-electron chi connectivity index (χ1n) is 6.53. The summed E-state index contributed by atoms with van der Waals surface area (Å²) in [6, 6.07) is 2.70. The van der Waals surface area contributed by atoms with Crippen LogP contribution in [0.5, 0.6) is 0 Å². The van der Waals surface area contributed by atoms with Crippen molar-refractivity contribution >= 4 is 5.91 Å². The molecular formula is C14H16F4N2O. The Morgan fingerprint density at radius 2 is 1.76 bits per heavy atom. The Bertz CT molecular complexity index is 515. The van der Waals surface area contributed by atoms with E-state index in [-0.39, 0.29) is 12.1 Å². The molecule has 1 aromatic rings. The summed E-state index contributed by atoms with van der Waals surface area (Å²) in [6.07, 6.45) is -4.40. The minimum atomic E-state index is -4.40. The minimum absolute atomic E-state index is 0.189. The molecule has 1 aliphatic heterocycles. The van der Waals surface area contributed by atoms with E-state index < -0.39 is 36.5 Å². The highest BCUT2D eigenvalue weighted by Gasteiger charge is 2.47. The van der Waals surface area contributed by atoms with Gasteiger partial charge in [0, 0.05) is 24.7 Å². The molecule has 0 saturated carbocycles. The van der Waals surface area contributed by atoms with E-state index in [1.165, 1.54) is 29.0 Å². The molecule has 2 rings (SSSR count). The third kappa shape index (κ3) is 3.34. The van der Waals surface area contributed by atoms with Gasteiger partial charge in [0.2, 0.25) is 0 Å². The van der Waals surface area contributed by atoms with E-state index in [2.05, 4.69) is 0 Å². The second-order valence-corrected chi connectivity index (χ2v) is 5.29. The zero-order valence-corrected chi connectivity index (χ0v) is 11.7. The quantitative estimate of drug-likeness (QED) is 0.744. The van der Waals surface area contributed by atoms with Crippen molar-refractivity contribution in [2.24, 2.45) is 0 Å². The summed E-state index contributed by atoms with van der Waals surface area (Å²) in [6.45, 7) is 1.43. The minimum Gasteiger partial charge on any atom is -0.335 e. The first-order chi connectivity index (χ1) is 9.70. The van der Waals surface area contributed by atoms with Gasteiger partial charge >= 0.3 is 6.18 Å². The SMILES string of the molecule is CC1CN(C(=O)c2ccc(F)cc2)CC(C(F)(F)F)N1C. The van der Waals surface area contributed by atoms with Gasteiger partial charge in [-0.05, 0) is 38.2 Å². The molecule has 116 valence electrons. The van der Waals surface area contributed by atoms with Crippen LogP contribution >= 0.6 is 0 Å². The standard InChI is InChI=1S/C14H16F4N2O/c1-9-7-20(8-12(19(9)2)14(16,17)18)13(21)10-3-5-11(15)6-4-10/h3-6,9,12H,7-8H2,1-2H3. The molecule has 0 spiro atoms. The molecule has 1 amide bonds. The lowest BCUT2D eigenvalue weighted by molar-refractivity contribution is -0.197. The first kappa shape index (κ1) is 15.8. The zero-order valence-electron chi connectivity index (χ0n) is 11.7. The lowest BCUT2D eigenvalue weighted by atomic mass is 10.1. The summed E-state index contributed by atoms with van der Waals surface area (Å²) in [5.41, 5.74) is 0.189. The number of alkyl halides is 3. The monoisotopic (exact) mass is 304 g/mol. The van der Waals surface area contributed by atoms with Gasteiger partial charge in [0.15, 0.2) is 0 Å². The molecule has 7 heteroatoms. The van der Waals surface area contributed by atoms with E-state index in [1.54, 1.807) is 6.92 Å². The van der Waals surface area contributed by atoms with E-state index in [0.717, 1.165) is 12.1 Å². The van der Waals surface area contributed by atoms with Gasteiger partial charge in [-0.3, -0.25) is 9.69 Å². The lowest BCUT2D eigenvalue weighted by Crippen LogP contribution is -2.62. The van der Waals surface area contributed by atoms with Crippen LogP contribution in [0.3, 0.4) is 0 Å². The average molecular weight is 304 g/mol. The molecule has 2 unspecified atom stereocenters. The Morgan fingerprint density at radius 3 is 2.29 bits per heavy atom. The van der Waals surface area contributed by atoms with Gasteiger partial charge in [0.25, 0.3) is 5.91 Å². The molecular weight excluding hydrogens is 288 g/mol. The van der Waals surface area contributed by atoms with Crippen molar-refractivity contribution in [2.75, 3.05) is 20.1 Å². The lowest BCUT2D eigenvalue weighted by Gasteiger charge is -2.44. The molecule has 0 bridgehead atoms. The topological polar surface area (TPSA) is 23.6 Å². The van der Waals surface area contributed by atoms with Crippen LogP contribution in [0.1, 0.15) is 17.3 Å². The fourth-order valence-electron chi connectivity index (χ4n) is 2.44. The van der Waals surface area contributed by atoms with Gasteiger partial charge in [-0.1, -0.05) is 0 Å². The number of carbonyl (C=O) groups is 1. The Hall–Kier alpha value is -1.63. The van der Waals surface area contributed by atoms with Gasteiger partial charge in [0.05, 0.1) is 0 Å². The predicted octanol–water partition coefficient (Wildman–Crippen LogP) is 2.53. The van der Waals surface area contributed by atoms with Gasteiger partial charge in [-0.2, -0.15) is 13.2 Å². The van der Waals surface area contributed by atoms with Crippen LogP contribution < -0.4 is 0 Å². The van der Waals surface area contributed by atoms with Crippen molar-refractivity contribution in [3.05, 3.63) is 35.6 Å². The highest BCUT2D eigenvalue weighted by atomic mass is 19.4. The maximum Gasteiger partial charge on any atom is 0.405 e. The number of carbonyl (C=O) groups excluding carboxylic acids is 1. The van der Waals surface area contributed by atoms with Crippen LogP contribution in [-0.4, -0.2) is 54.1 Å². The van der Waals surface area contributed by atoms with E-state index in [1.807, 2.05) is 0 Å². The molecule has 1 aliphatic rings. The van der Waals surface area contributed by atoms with E-state index in [4.69, 9.17) is 0 Å². The van der Waals surface area contributed by atoms with Crippen molar-refractivity contribution < 1.29 is 22.4 Å². The first-order valence-corrected chi connectivity index (χ1v) is 6.53. The number of likely N-dealkylation sites (N-methyl/N-ethyl adjacent to an activating group) is 1. The number of hydrogen-bond donors (Lipinski definition) is 0. The van der Waals surface area contributed by atoms with Crippen LogP contribution in [0.25, 0.3) is 0 Å². The van der Waals surface area contributed by atoms with Crippen molar-refractivity contribution in [3.63, 3.8) is 0 Å². The number of benzene rings is 1. The molecule has 2 atom stereocenters. The molecule has 1 fully saturated rings. The molecule has 3 nitrogen and oxygen atoms in total. The van der Waals surface area contributed by atoms with Crippen LogP contribution in [0.2, 0.25) is 0 Å². The van der Waals surface area contributed by atoms with E-state index >= 15 is 0 Å². The largest absolute Gasteiger partial charge is 0.405 e. The normalized spacial score (nSPS) is 24.2. The highest BCUT2D eigenvalue weighted by Crippen LogP contribution is 2.29. The van der Waals surface area contributed by atoms with Gasteiger partial charge in [-0.15, -0.1) is 0 Å². The molecule has 0 aliphatic carbocycles. The van der Waals surface area contributed by atoms with Crippen LogP contribution in [0, 0.1) is 5.82 Å². The number of nitrogens with zero attached hydrogens (tertiary/aromatic N) is 2. The van der Waals surface area contributed by atoms with Crippen LogP contribution in [-0.2, 0) is 0 Å². The highest BCUT2D eigenvalue weighted by molar-refractivity contribution is 5.94. The molecule has 0 radical (unpaired) electrons. The van der Waals surface area contributed by atoms with Gasteiger partial charge in [0.1, 0.15) is 11.9 Å². The molecule has 0 aromatic heterocycles. The number of halogens is 4. The van der Waals surface area contributed by atoms with Gasteiger partial charge in [-0.25, -0.2) is 4.39 Å². The number of rotatable bonds is 1. The molecule has 1 saturated heterocycles. The third-order valence-corrected chi connectivity index (χ3v) is 3.82. The fourth-order valence-corrected chi connectivity index (χ4v) is 2.44. The van der Waals surface area contributed by atoms with Crippen LogP contribution in [0.15, 0.2) is 24.3 Å². The number of hydrogen-bond acceptors (Lipinski definition) is 2. The molecule has 1 heterocycles. The molecule has 0 N–H and O–H groups in total. The zero-order chi connectivity index (χ0) is 15.8. The van der Waals surface area contributed by atoms with Crippen molar-refractivity contribution in [1.29, 1.82) is 0 Å². The van der Waals surface area contributed by atoms with Crippen LogP contribution in [0.4, 0.5) is 17.6 Å². The second-order valence-electron chi connectivity index (χ2n) is 5.29. The number of amides is 1. The van der Waals surface area contributed by atoms with Crippen molar-refractivity contribution in [1.82, 2.24) is 9.80 Å². The Kier molecular flexibility index (Phi) is 4.22. The summed E-state index contributed by atoms with van der Waals surface area (Å²) in [4.78, 5) is 14.7. The maximum atomic E-state index is 13.0. The predicted molar refractivity (Wildman–Crippen MR) is 69.4 cm³/mol. The third-order valence-electron chi connectivity index (χ3n) is 3.82. The fraction of sp³-hybridized carbons (Fsp3) is 0.500. The average Bonchev–Trinajstić information content (AvgIpc) is 2.40. The molecule has 21 heavy (non-hydrogen) atoms. The van der Waals surface area contributed by atoms with Gasteiger partial charge < -0.3 is 4.90 Å². The summed E-state index contributed by atoms with van der Waals surface area (Å²) in [5.74, 6) is -1.00. The smallest absolute Gasteiger partial charge is 0.335 e. The number of piperazine rings is 1. The molecule has 1 aromatic carbocycles. The summed E-state index contributed by atoms with van der Waals surface area (Å²) in [7, 11) is 1.41. The van der Waals surface area contributed by atoms with Crippen molar-refractivity contribution in [2.45, 2.75) is 25.2 Å². The van der Waals surface area contributed by atoms with E-state index in [9.17, 15) is 22.4 Å². The Labute approximate surface area is 120 Å². The van der Waals surface area contributed by atoms with Crippen molar-refractivity contribution in [3.8, 4) is 0 Å². The summed E-state index contributed by atoms with van der Waals surface area (Å²) < 4.78 is 51.9.